The van der Waals surface area contributed by atoms with Crippen LogP contribution in [0.4, 0.5) is 18.9 Å². The number of carbonyl (C=O) groups is 1. The maximum Gasteiger partial charge on any atom is 0.390 e. The van der Waals surface area contributed by atoms with E-state index in [2.05, 4.69) is 21.2 Å². The Kier molecular flexibility index (Phi) is 4.24. The third-order valence-corrected chi connectivity index (χ3v) is 4.27. The van der Waals surface area contributed by atoms with Gasteiger partial charge in [-0.1, -0.05) is 15.9 Å². The summed E-state index contributed by atoms with van der Waals surface area (Å²) in [5, 5.41) is 2.94. The van der Waals surface area contributed by atoms with E-state index in [1.54, 1.807) is 12.1 Å². The fraction of sp³-hybridized carbons (Fsp3) is 0.250. The summed E-state index contributed by atoms with van der Waals surface area (Å²) in [6.07, 6.45) is -5.35. The third kappa shape index (κ3) is 3.43. The molecule has 0 aliphatic rings. The minimum atomic E-state index is -4.29. The van der Waals surface area contributed by atoms with Crippen molar-refractivity contribution < 1.29 is 18.0 Å². The lowest BCUT2D eigenvalue weighted by Gasteiger charge is -2.07. The van der Waals surface area contributed by atoms with Crippen molar-refractivity contribution >= 4 is 48.9 Å². The van der Waals surface area contributed by atoms with Crippen molar-refractivity contribution in [1.29, 1.82) is 0 Å². The number of nitrogens with one attached hydrogen (secondary N) is 1. The number of anilines is 1. The van der Waals surface area contributed by atoms with Crippen LogP contribution < -0.4 is 11.1 Å². The van der Waals surface area contributed by atoms with Crippen molar-refractivity contribution in [2.45, 2.75) is 12.6 Å². The van der Waals surface area contributed by atoms with Gasteiger partial charge in [-0.3, -0.25) is 4.79 Å². The molecule has 1 amide bonds. The Morgan fingerprint density at radius 1 is 1.40 bits per heavy atom. The number of alkyl halides is 3. The molecule has 0 radical (unpaired) electrons. The average Bonchev–Trinajstić information content (AvgIpc) is 2.65. The van der Waals surface area contributed by atoms with Crippen molar-refractivity contribution in [3.8, 4) is 0 Å². The van der Waals surface area contributed by atoms with Crippen LogP contribution in [0.5, 0.6) is 0 Å². The first kappa shape index (κ1) is 15.1. The molecule has 0 aliphatic heterocycles. The second-order valence-electron chi connectivity index (χ2n) is 4.11. The minimum absolute atomic E-state index is 0.236. The summed E-state index contributed by atoms with van der Waals surface area (Å²) >= 11 is 4.46. The van der Waals surface area contributed by atoms with Gasteiger partial charge in [0.15, 0.2) is 0 Å². The molecule has 1 aromatic carbocycles. The van der Waals surface area contributed by atoms with Crippen LogP contribution >= 0.6 is 27.3 Å². The van der Waals surface area contributed by atoms with Crippen LogP contribution in [-0.4, -0.2) is 18.6 Å². The monoisotopic (exact) mass is 366 g/mol. The Bertz CT molecular complexity index is 654. The van der Waals surface area contributed by atoms with E-state index in [4.69, 9.17) is 5.73 Å². The number of nitrogens with two attached hydrogens (primary N) is 1. The van der Waals surface area contributed by atoms with Gasteiger partial charge in [-0.25, -0.2) is 0 Å². The van der Waals surface area contributed by atoms with Crippen LogP contribution in [0.1, 0.15) is 16.1 Å². The van der Waals surface area contributed by atoms with Crippen LogP contribution in [0, 0.1) is 0 Å². The highest BCUT2D eigenvalue weighted by atomic mass is 79.9. The Hall–Kier alpha value is -1.28. The number of carbonyl (C=O) groups excluding carboxylic acids is 1. The first-order valence-electron chi connectivity index (χ1n) is 5.60. The van der Waals surface area contributed by atoms with Gasteiger partial charge in [-0.05, 0) is 18.2 Å². The molecule has 0 aliphatic carbocycles. The first-order valence-corrected chi connectivity index (χ1v) is 7.21. The van der Waals surface area contributed by atoms with Crippen molar-refractivity contribution in [3.05, 3.63) is 27.5 Å². The highest BCUT2D eigenvalue weighted by Crippen LogP contribution is 2.35. The zero-order valence-corrected chi connectivity index (χ0v) is 12.5. The predicted molar refractivity (Wildman–Crippen MR) is 76.9 cm³/mol. The summed E-state index contributed by atoms with van der Waals surface area (Å²) in [5.41, 5.74) is 6.16. The number of benzene rings is 1. The molecular formula is C12H10BrF3N2OS. The minimum Gasteiger partial charge on any atom is -0.397 e. The standard InChI is InChI=1S/C12H10BrF3N2OS/c13-6-1-2-8-7(5-6)9(17)10(20-8)11(19)18-4-3-12(14,15)16/h1-2,5H,3-4,17H2,(H,18,19). The molecule has 0 unspecified atom stereocenters. The number of amides is 1. The first-order chi connectivity index (χ1) is 9.28. The fourth-order valence-corrected chi connectivity index (χ4v) is 3.04. The van der Waals surface area contributed by atoms with Crippen molar-refractivity contribution in [2.75, 3.05) is 12.3 Å². The van der Waals surface area contributed by atoms with Crippen molar-refractivity contribution in [2.24, 2.45) is 0 Å². The van der Waals surface area contributed by atoms with Crippen LogP contribution in [0.25, 0.3) is 10.1 Å². The molecule has 0 saturated carbocycles. The average molecular weight is 367 g/mol. The Morgan fingerprint density at radius 2 is 2.10 bits per heavy atom. The summed E-state index contributed by atoms with van der Waals surface area (Å²) in [5.74, 6) is -0.580. The Balaban J connectivity index is 2.16. The highest BCUT2D eigenvalue weighted by molar-refractivity contribution is 9.10. The zero-order valence-electron chi connectivity index (χ0n) is 10.1. The van der Waals surface area contributed by atoms with Crippen LogP contribution in [-0.2, 0) is 0 Å². The van der Waals surface area contributed by atoms with Gasteiger partial charge in [0.1, 0.15) is 4.88 Å². The largest absolute Gasteiger partial charge is 0.397 e. The van der Waals surface area contributed by atoms with E-state index in [0.29, 0.717) is 5.39 Å². The molecule has 1 aromatic heterocycles. The summed E-state index contributed by atoms with van der Waals surface area (Å²) in [6.45, 7) is -0.459. The number of nitrogen functional groups attached to an aromatic ring is 1. The number of halogens is 4. The van der Waals surface area contributed by atoms with Crippen LogP contribution in [0.3, 0.4) is 0 Å². The maximum absolute atomic E-state index is 12.0. The number of fused-ring (bicyclic) bond motifs is 1. The molecule has 2 rings (SSSR count). The van der Waals surface area contributed by atoms with E-state index in [1.807, 2.05) is 6.07 Å². The summed E-state index contributed by atoms with van der Waals surface area (Å²) in [4.78, 5) is 12.1. The SMILES string of the molecule is Nc1c(C(=O)NCCC(F)(F)F)sc2ccc(Br)cc12. The molecule has 0 fully saturated rings. The van der Waals surface area contributed by atoms with Gasteiger partial charge in [0, 0.05) is 21.1 Å². The molecule has 0 bridgehead atoms. The van der Waals surface area contributed by atoms with E-state index in [9.17, 15) is 18.0 Å². The van der Waals surface area contributed by atoms with Gasteiger partial charge in [0.25, 0.3) is 5.91 Å². The molecule has 3 N–H and O–H groups in total. The molecule has 0 saturated heterocycles. The second-order valence-corrected chi connectivity index (χ2v) is 6.07. The summed E-state index contributed by atoms with van der Waals surface area (Å²) < 4.78 is 37.7. The highest BCUT2D eigenvalue weighted by Gasteiger charge is 2.27. The maximum atomic E-state index is 12.0. The van der Waals surface area contributed by atoms with Crippen molar-refractivity contribution in [1.82, 2.24) is 5.32 Å². The smallest absolute Gasteiger partial charge is 0.390 e. The molecule has 0 spiro atoms. The lowest BCUT2D eigenvalue weighted by atomic mass is 10.2. The summed E-state index contributed by atoms with van der Waals surface area (Å²) in [7, 11) is 0. The molecule has 3 nitrogen and oxygen atoms in total. The zero-order chi connectivity index (χ0) is 14.9. The van der Waals surface area contributed by atoms with Gasteiger partial charge in [0.05, 0.1) is 12.1 Å². The molecule has 1 heterocycles. The molecule has 108 valence electrons. The predicted octanol–water partition coefficient (Wildman–Crippen LogP) is 3.93. The molecular weight excluding hydrogens is 357 g/mol. The second kappa shape index (κ2) is 5.61. The van der Waals surface area contributed by atoms with Gasteiger partial charge in [-0.2, -0.15) is 13.2 Å². The van der Waals surface area contributed by atoms with Gasteiger partial charge in [0.2, 0.25) is 0 Å². The topological polar surface area (TPSA) is 55.1 Å². The third-order valence-electron chi connectivity index (χ3n) is 2.59. The lowest BCUT2D eigenvalue weighted by Crippen LogP contribution is -2.27. The molecule has 8 heteroatoms. The fourth-order valence-electron chi connectivity index (χ4n) is 1.66. The van der Waals surface area contributed by atoms with Crippen LogP contribution in [0.2, 0.25) is 0 Å². The number of hydrogen-bond donors (Lipinski definition) is 2. The normalized spacial score (nSPS) is 11.8. The van der Waals surface area contributed by atoms with E-state index in [-0.39, 0.29) is 10.6 Å². The summed E-state index contributed by atoms with van der Waals surface area (Å²) in [6, 6.07) is 5.38. The van der Waals surface area contributed by atoms with E-state index < -0.39 is 25.0 Å². The van der Waals surface area contributed by atoms with E-state index in [0.717, 1.165) is 20.5 Å². The van der Waals surface area contributed by atoms with Crippen LogP contribution in [0.15, 0.2) is 22.7 Å². The van der Waals surface area contributed by atoms with E-state index >= 15 is 0 Å². The lowest BCUT2D eigenvalue weighted by molar-refractivity contribution is -0.132. The quantitative estimate of drug-likeness (QED) is 0.864. The van der Waals surface area contributed by atoms with Gasteiger partial charge in [-0.15, -0.1) is 11.3 Å². The number of rotatable bonds is 3. The van der Waals surface area contributed by atoms with Gasteiger partial charge >= 0.3 is 6.18 Å². The Morgan fingerprint density at radius 3 is 2.75 bits per heavy atom. The van der Waals surface area contributed by atoms with Gasteiger partial charge < -0.3 is 11.1 Å². The molecule has 0 atom stereocenters. The Labute approximate surface area is 125 Å². The number of hydrogen-bond acceptors (Lipinski definition) is 3. The van der Waals surface area contributed by atoms with E-state index in [1.165, 1.54) is 0 Å². The number of thiophene rings is 1. The van der Waals surface area contributed by atoms with Crippen molar-refractivity contribution in [3.63, 3.8) is 0 Å². The molecule has 2 aromatic rings. The molecule has 20 heavy (non-hydrogen) atoms.